The van der Waals surface area contributed by atoms with Crippen molar-refractivity contribution in [2.45, 2.75) is 23.0 Å². The largest absolute Gasteiger partial charge is 0.493 e. The van der Waals surface area contributed by atoms with Crippen molar-refractivity contribution < 1.29 is 19.1 Å². The minimum atomic E-state index is -0.425. The molecule has 7 heteroatoms. The number of nitrogens with one attached hydrogen (secondary N) is 2. The molecule has 2 amide bonds. The zero-order valence-electron chi connectivity index (χ0n) is 15.3. The van der Waals surface area contributed by atoms with Crippen molar-refractivity contribution in [3.63, 3.8) is 0 Å². The summed E-state index contributed by atoms with van der Waals surface area (Å²) >= 11 is 1.42. The predicted molar refractivity (Wildman–Crippen MR) is 106 cm³/mol. The molecule has 1 heterocycles. The number of hydrogen-bond donors (Lipinski definition) is 2. The number of thioether (sulfide) groups is 1. The molecule has 0 saturated heterocycles. The molecule has 1 unspecified atom stereocenters. The van der Waals surface area contributed by atoms with Gasteiger partial charge in [0.2, 0.25) is 11.8 Å². The minimum Gasteiger partial charge on any atom is -0.493 e. The second-order valence-electron chi connectivity index (χ2n) is 6.05. The van der Waals surface area contributed by atoms with Gasteiger partial charge in [-0.15, -0.1) is 11.8 Å². The van der Waals surface area contributed by atoms with Crippen LogP contribution in [0.1, 0.15) is 12.0 Å². The predicted octanol–water partition coefficient (Wildman–Crippen LogP) is 2.87. The molecule has 0 aromatic heterocycles. The molecule has 0 aliphatic carbocycles. The van der Waals surface area contributed by atoms with Crippen LogP contribution in [0, 0.1) is 0 Å². The number of ether oxygens (including phenoxy) is 2. The monoisotopic (exact) mass is 386 g/mol. The molecule has 27 heavy (non-hydrogen) atoms. The van der Waals surface area contributed by atoms with E-state index < -0.39 is 5.25 Å². The smallest absolute Gasteiger partial charge is 0.238 e. The number of para-hydroxylation sites is 2. The third-order valence-corrected chi connectivity index (χ3v) is 5.55. The molecule has 0 saturated carbocycles. The summed E-state index contributed by atoms with van der Waals surface area (Å²) in [4.78, 5) is 25.5. The van der Waals surface area contributed by atoms with Crippen molar-refractivity contribution in [1.29, 1.82) is 0 Å². The molecule has 1 aliphatic heterocycles. The fourth-order valence-electron chi connectivity index (χ4n) is 2.95. The molecule has 0 bridgehead atoms. The molecule has 142 valence electrons. The Morgan fingerprint density at radius 3 is 2.74 bits per heavy atom. The lowest BCUT2D eigenvalue weighted by Crippen LogP contribution is -2.35. The van der Waals surface area contributed by atoms with Gasteiger partial charge in [-0.1, -0.05) is 24.3 Å². The minimum absolute atomic E-state index is 0.136. The van der Waals surface area contributed by atoms with Gasteiger partial charge in [-0.2, -0.15) is 0 Å². The Kier molecular flexibility index (Phi) is 6.24. The highest BCUT2D eigenvalue weighted by atomic mass is 32.2. The van der Waals surface area contributed by atoms with Gasteiger partial charge in [0.25, 0.3) is 0 Å². The number of hydrogen-bond acceptors (Lipinski definition) is 5. The number of fused-ring (bicyclic) bond motifs is 1. The maximum absolute atomic E-state index is 12.3. The van der Waals surface area contributed by atoms with Gasteiger partial charge in [-0.25, -0.2) is 0 Å². The Bertz CT molecular complexity index is 840. The highest BCUT2D eigenvalue weighted by molar-refractivity contribution is 8.01. The van der Waals surface area contributed by atoms with Crippen LogP contribution in [0.2, 0.25) is 0 Å². The molecule has 0 spiro atoms. The Labute approximate surface area is 162 Å². The standard InChI is InChI=1S/C20H22N2O4S/c1-25-15-8-5-6-13(19(15)26-2)10-11-21-18(23)12-17-20(24)22-14-7-3-4-9-16(14)27-17/h3-9,17H,10-12H2,1-2H3,(H,21,23)(H,22,24). The SMILES string of the molecule is COc1cccc(CCNC(=O)CC2Sc3ccccc3NC2=O)c1OC. The van der Waals surface area contributed by atoms with Crippen LogP contribution < -0.4 is 20.1 Å². The van der Waals surface area contributed by atoms with Crippen LogP contribution in [0.25, 0.3) is 0 Å². The van der Waals surface area contributed by atoms with Crippen LogP contribution in [-0.2, 0) is 16.0 Å². The van der Waals surface area contributed by atoms with Gasteiger partial charge in [0.15, 0.2) is 11.5 Å². The normalized spacial score (nSPS) is 15.5. The average Bonchev–Trinajstić information content (AvgIpc) is 2.68. The van der Waals surface area contributed by atoms with Gasteiger partial charge < -0.3 is 20.1 Å². The van der Waals surface area contributed by atoms with Crippen molar-refractivity contribution in [3.8, 4) is 11.5 Å². The summed E-state index contributed by atoms with van der Waals surface area (Å²) in [7, 11) is 3.19. The summed E-state index contributed by atoms with van der Waals surface area (Å²) in [6, 6.07) is 13.3. The van der Waals surface area contributed by atoms with Gasteiger partial charge in [0, 0.05) is 17.9 Å². The van der Waals surface area contributed by atoms with Crippen LogP contribution in [0.15, 0.2) is 47.4 Å². The van der Waals surface area contributed by atoms with Crippen molar-refractivity contribution in [2.75, 3.05) is 26.1 Å². The zero-order valence-corrected chi connectivity index (χ0v) is 16.1. The molecule has 6 nitrogen and oxygen atoms in total. The number of carbonyl (C=O) groups is 2. The first kappa shape index (κ1) is 19.1. The number of carbonyl (C=O) groups excluding carboxylic acids is 2. The lowest BCUT2D eigenvalue weighted by atomic mass is 10.1. The summed E-state index contributed by atoms with van der Waals surface area (Å²) in [6.07, 6.45) is 0.749. The Morgan fingerprint density at radius 2 is 1.96 bits per heavy atom. The lowest BCUT2D eigenvalue weighted by molar-refractivity contribution is -0.124. The van der Waals surface area contributed by atoms with Gasteiger partial charge in [-0.3, -0.25) is 9.59 Å². The van der Waals surface area contributed by atoms with E-state index in [4.69, 9.17) is 9.47 Å². The van der Waals surface area contributed by atoms with Crippen LogP contribution in [0.3, 0.4) is 0 Å². The molecule has 2 aromatic carbocycles. The van der Waals surface area contributed by atoms with E-state index in [1.807, 2.05) is 42.5 Å². The number of benzene rings is 2. The van der Waals surface area contributed by atoms with Crippen molar-refractivity contribution in [2.24, 2.45) is 0 Å². The lowest BCUT2D eigenvalue weighted by Gasteiger charge is -2.23. The van der Waals surface area contributed by atoms with Crippen molar-refractivity contribution in [1.82, 2.24) is 5.32 Å². The molecule has 2 N–H and O–H groups in total. The van der Waals surface area contributed by atoms with Crippen molar-refractivity contribution >= 4 is 29.3 Å². The quantitative estimate of drug-likeness (QED) is 0.765. The Morgan fingerprint density at radius 1 is 1.15 bits per heavy atom. The van der Waals surface area contributed by atoms with Gasteiger partial charge in [0.05, 0.1) is 25.2 Å². The number of amides is 2. The van der Waals surface area contributed by atoms with Crippen molar-refractivity contribution in [3.05, 3.63) is 48.0 Å². The topological polar surface area (TPSA) is 76.7 Å². The van der Waals surface area contributed by atoms with Gasteiger partial charge >= 0.3 is 0 Å². The van der Waals surface area contributed by atoms with E-state index in [1.54, 1.807) is 14.2 Å². The highest BCUT2D eigenvalue weighted by Crippen LogP contribution is 2.36. The maximum atomic E-state index is 12.3. The van der Waals surface area contributed by atoms with E-state index in [0.29, 0.717) is 24.5 Å². The molecule has 2 aromatic rings. The third-order valence-electron chi connectivity index (χ3n) is 4.28. The summed E-state index contributed by atoms with van der Waals surface area (Å²) in [5.41, 5.74) is 1.75. The number of anilines is 1. The van der Waals surface area contributed by atoms with Crippen LogP contribution in [0.5, 0.6) is 11.5 Å². The average molecular weight is 386 g/mol. The zero-order chi connectivity index (χ0) is 19.2. The molecule has 3 rings (SSSR count). The summed E-state index contributed by atoms with van der Waals surface area (Å²) < 4.78 is 10.7. The van der Waals surface area contributed by atoms with E-state index in [2.05, 4.69) is 10.6 Å². The highest BCUT2D eigenvalue weighted by Gasteiger charge is 2.28. The van der Waals surface area contributed by atoms with E-state index >= 15 is 0 Å². The second kappa shape index (κ2) is 8.81. The van der Waals surface area contributed by atoms with Gasteiger partial charge in [-0.05, 0) is 30.2 Å². The molecule has 1 atom stereocenters. The van der Waals surface area contributed by atoms with Gasteiger partial charge in [0.1, 0.15) is 0 Å². The first-order valence-corrected chi connectivity index (χ1v) is 9.53. The first-order valence-electron chi connectivity index (χ1n) is 8.65. The van der Waals surface area contributed by atoms with Crippen LogP contribution >= 0.6 is 11.8 Å². The molecule has 0 fully saturated rings. The van der Waals surface area contributed by atoms with Crippen LogP contribution in [-0.4, -0.2) is 37.8 Å². The fourth-order valence-corrected chi connectivity index (χ4v) is 4.07. The number of methoxy groups -OCH3 is 2. The molecular weight excluding hydrogens is 364 g/mol. The summed E-state index contributed by atoms with van der Waals surface area (Å²) in [6.45, 7) is 0.456. The van der Waals surface area contributed by atoms with E-state index in [0.717, 1.165) is 16.1 Å². The Hall–Kier alpha value is -2.67. The molecular formula is C20H22N2O4S. The van der Waals surface area contributed by atoms with Crippen LogP contribution in [0.4, 0.5) is 5.69 Å². The fraction of sp³-hybridized carbons (Fsp3) is 0.300. The maximum Gasteiger partial charge on any atom is 0.238 e. The first-order chi connectivity index (χ1) is 13.1. The molecule has 1 aliphatic rings. The summed E-state index contributed by atoms with van der Waals surface area (Å²) in [5, 5.41) is 5.31. The van der Waals surface area contributed by atoms with E-state index in [1.165, 1.54) is 11.8 Å². The molecule has 0 radical (unpaired) electrons. The Balaban J connectivity index is 1.53. The second-order valence-corrected chi connectivity index (χ2v) is 7.29. The van der Waals surface area contributed by atoms with E-state index in [9.17, 15) is 9.59 Å². The summed E-state index contributed by atoms with van der Waals surface area (Å²) in [5.74, 6) is 1.05. The number of rotatable bonds is 7. The third kappa shape index (κ3) is 4.54. The van der Waals surface area contributed by atoms with E-state index in [-0.39, 0.29) is 18.2 Å².